The predicted molar refractivity (Wildman–Crippen MR) is 118 cm³/mol. The van der Waals surface area contributed by atoms with Crippen molar-refractivity contribution in [2.24, 2.45) is 0 Å². The molecule has 0 aliphatic rings. The minimum absolute atomic E-state index is 0.000206. The Bertz CT molecular complexity index is 1110. The van der Waals surface area contributed by atoms with Gasteiger partial charge in [-0.3, -0.25) is 9.59 Å². The fourth-order valence-corrected chi connectivity index (χ4v) is 4.45. The highest BCUT2D eigenvalue weighted by atomic mass is 32.1. The molecule has 4 nitrogen and oxygen atoms in total. The number of carbonyl (C=O) groups excluding carboxylic acids is 1. The van der Waals surface area contributed by atoms with E-state index in [1.807, 2.05) is 52.4 Å². The van der Waals surface area contributed by atoms with E-state index >= 15 is 0 Å². The van der Waals surface area contributed by atoms with Gasteiger partial charge in [0.1, 0.15) is 6.54 Å². The summed E-state index contributed by atoms with van der Waals surface area (Å²) < 4.78 is 2.52. The molecular weight excluding hydrogens is 380 g/mol. The zero-order chi connectivity index (χ0) is 20.1. The van der Waals surface area contributed by atoms with Gasteiger partial charge in [0.15, 0.2) is 5.43 Å². The van der Waals surface area contributed by atoms with Crippen LogP contribution in [-0.2, 0) is 11.3 Å². The fourth-order valence-electron chi connectivity index (χ4n) is 3.63. The first-order chi connectivity index (χ1) is 14.2. The molecule has 1 amide bonds. The van der Waals surface area contributed by atoms with Gasteiger partial charge in [-0.05, 0) is 29.0 Å². The van der Waals surface area contributed by atoms with Crippen LogP contribution in [-0.4, -0.2) is 17.0 Å². The van der Waals surface area contributed by atoms with Crippen LogP contribution in [0.25, 0.3) is 10.2 Å². The summed E-state index contributed by atoms with van der Waals surface area (Å²) in [7, 11) is 0. The van der Waals surface area contributed by atoms with Crippen molar-refractivity contribution in [3.05, 3.63) is 106 Å². The summed E-state index contributed by atoms with van der Waals surface area (Å²) in [6.45, 7) is 0.787. The molecule has 0 fully saturated rings. The van der Waals surface area contributed by atoms with Crippen molar-refractivity contribution in [1.29, 1.82) is 0 Å². The average Bonchev–Trinajstić information content (AvgIpc) is 3.26. The Kier molecular flexibility index (Phi) is 5.86. The maximum absolute atomic E-state index is 12.5. The number of nitrogens with zero attached hydrogens (tertiary/aromatic N) is 1. The number of hydrogen-bond donors (Lipinski definition) is 1. The molecule has 0 bridgehead atoms. The summed E-state index contributed by atoms with van der Waals surface area (Å²) in [6.07, 6.45) is 2.51. The Morgan fingerprint density at radius 2 is 1.59 bits per heavy atom. The second kappa shape index (κ2) is 8.88. The van der Waals surface area contributed by atoms with Crippen LogP contribution in [0, 0.1) is 0 Å². The Morgan fingerprint density at radius 1 is 0.931 bits per heavy atom. The largest absolute Gasteiger partial charge is 0.355 e. The van der Waals surface area contributed by atoms with Crippen LogP contribution in [0.15, 0.2) is 89.2 Å². The second-order valence-electron chi connectivity index (χ2n) is 6.96. The number of benzene rings is 2. The summed E-state index contributed by atoms with van der Waals surface area (Å²) in [5.74, 6) is 0.176. The molecule has 0 radical (unpaired) electrons. The van der Waals surface area contributed by atoms with E-state index in [1.54, 1.807) is 6.20 Å². The number of fused-ring (bicyclic) bond motifs is 1. The van der Waals surface area contributed by atoms with Gasteiger partial charge < -0.3 is 9.88 Å². The highest BCUT2D eigenvalue weighted by molar-refractivity contribution is 7.17. The minimum atomic E-state index is -0.0546. The third kappa shape index (κ3) is 4.46. The zero-order valence-electron chi connectivity index (χ0n) is 16.0. The fraction of sp³-hybridized carbons (Fsp3) is 0.167. The van der Waals surface area contributed by atoms with E-state index in [2.05, 4.69) is 29.6 Å². The van der Waals surface area contributed by atoms with Gasteiger partial charge in [0.2, 0.25) is 5.91 Å². The van der Waals surface area contributed by atoms with Gasteiger partial charge in [0.25, 0.3) is 0 Å². The Hall–Kier alpha value is -3.18. The van der Waals surface area contributed by atoms with E-state index < -0.39 is 0 Å². The third-order valence-corrected chi connectivity index (χ3v) is 5.97. The van der Waals surface area contributed by atoms with Gasteiger partial charge in [-0.1, -0.05) is 60.7 Å². The number of carbonyl (C=O) groups is 1. The van der Waals surface area contributed by atoms with Crippen LogP contribution in [0.5, 0.6) is 0 Å². The van der Waals surface area contributed by atoms with E-state index in [4.69, 9.17) is 0 Å². The number of rotatable bonds is 7. The lowest BCUT2D eigenvalue weighted by atomic mass is 9.88. The molecule has 2 aromatic heterocycles. The quantitative estimate of drug-likeness (QED) is 0.498. The van der Waals surface area contributed by atoms with E-state index in [9.17, 15) is 9.59 Å². The molecule has 0 unspecified atom stereocenters. The first-order valence-corrected chi connectivity index (χ1v) is 10.5. The van der Waals surface area contributed by atoms with Crippen molar-refractivity contribution in [2.75, 3.05) is 6.54 Å². The molecule has 0 aliphatic carbocycles. The van der Waals surface area contributed by atoms with Gasteiger partial charge in [-0.15, -0.1) is 11.3 Å². The Labute approximate surface area is 173 Å². The maximum Gasteiger partial charge on any atom is 0.239 e. The lowest BCUT2D eigenvalue weighted by Gasteiger charge is -2.18. The van der Waals surface area contributed by atoms with E-state index in [-0.39, 0.29) is 23.8 Å². The van der Waals surface area contributed by atoms with Crippen molar-refractivity contribution in [1.82, 2.24) is 9.88 Å². The molecule has 4 rings (SSSR count). The lowest BCUT2D eigenvalue weighted by molar-refractivity contribution is -0.121. The molecule has 0 spiro atoms. The SMILES string of the molecule is O=C(Cn1ccc(=O)c2sccc21)NCCC(c1ccccc1)c1ccccc1. The third-order valence-electron chi connectivity index (χ3n) is 5.06. The summed E-state index contributed by atoms with van der Waals surface area (Å²) in [5.41, 5.74) is 3.30. The lowest BCUT2D eigenvalue weighted by Crippen LogP contribution is -2.29. The van der Waals surface area contributed by atoms with E-state index in [1.165, 1.54) is 28.5 Å². The smallest absolute Gasteiger partial charge is 0.239 e. The number of hydrogen-bond acceptors (Lipinski definition) is 3. The molecule has 4 aromatic rings. The summed E-state index contributed by atoms with van der Waals surface area (Å²) in [6, 6.07) is 24.2. The van der Waals surface area contributed by atoms with Crippen molar-refractivity contribution < 1.29 is 4.79 Å². The molecule has 1 N–H and O–H groups in total. The normalized spacial score (nSPS) is 11.1. The Morgan fingerprint density at radius 3 is 2.24 bits per heavy atom. The van der Waals surface area contributed by atoms with Crippen molar-refractivity contribution in [3.63, 3.8) is 0 Å². The molecule has 0 atom stereocenters. The Balaban J connectivity index is 1.42. The maximum atomic E-state index is 12.5. The number of amides is 1. The van der Waals surface area contributed by atoms with Crippen molar-refractivity contribution >= 4 is 27.5 Å². The predicted octanol–water partition coefficient (Wildman–Crippen LogP) is 4.40. The first-order valence-electron chi connectivity index (χ1n) is 9.65. The minimum Gasteiger partial charge on any atom is -0.355 e. The number of nitrogens with one attached hydrogen (secondary N) is 1. The summed E-state index contributed by atoms with van der Waals surface area (Å²) in [4.78, 5) is 24.4. The molecule has 2 aromatic carbocycles. The van der Waals surface area contributed by atoms with E-state index in [0.29, 0.717) is 11.2 Å². The second-order valence-corrected chi connectivity index (χ2v) is 7.87. The van der Waals surface area contributed by atoms with Crippen LogP contribution in [0.1, 0.15) is 23.5 Å². The number of thiophene rings is 1. The van der Waals surface area contributed by atoms with Crippen LogP contribution >= 0.6 is 11.3 Å². The van der Waals surface area contributed by atoms with Crippen LogP contribution in [0.4, 0.5) is 0 Å². The zero-order valence-corrected chi connectivity index (χ0v) is 16.8. The molecular formula is C24H22N2O2S. The molecule has 0 saturated carbocycles. The van der Waals surface area contributed by atoms with Gasteiger partial charge in [0.05, 0.1) is 10.2 Å². The molecule has 29 heavy (non-hydrogen) atoms. The highest BCUT2D eigenvalue weighted by Gasteiger charge is 2.14. The monoisotopic (exact) mass is 402 g/mol. The standard InChI is InChI=1S/C24H22N2O2S/c27-22-12-15-26(21-13-16-29-24(21)22)17-23(28)25-14-11-20(18-7-3-1-4-8-18)19-9-5-2-6-10-19/h1-10,12-13,15-16,20H,11,14,17H2,(H,25,28). The van der Waals surface area contributed by atoms with Crippen LogP contribution in [0.2, 0.25) is 0 Å². The van der Waals surface area contributed by atoms with Gasteiger partial charge in [-0.25, -0.2) is 0 Å². The topological polar surface area (TPSA) is 51.1 Å². The molecule has 5 heteroatoms. The number of aromatic nitrogens is 1. The van der Waals surface area contributed by atoms with Crippen molar-refractivity contribution in [2.45, 2.75) is 18.9 Å². The number of pyridine rings is 1. The highest BCUT2D eigenvalue weighted by Crippen LogP contribution is 2.27. The summed E-state index contributed by atoms with van der Waals surface area (Å²) in [5, 5.41) is 4.92. The van der Waals surface area contributed by atoms with Gasteiger partial charge in [0, 0.05) is 24.7 Å². The summed E-state index contributed by atoms with van der Waals surface area (Å²) >= 11 is 1.41. The van der Waals surface area contributed by atoms with Crippen molar-refractivity contribution in [3.8, 4) is 0 Å². The van der Waals surface area contributed by atoms with E-state index in [0.717, 1.165) is 11.9 Å². The van der Waals surface area contributed by atoms with Crippen LogP contribution < -0.4 is 10.7 Å². The average molecular weight is 403 g/mol. The molecule has 2 heterocycles. The molecule has 0 saturated heterocycles. The van der Waals surface area contributed by atoms with Crippen LogP contribution in [0.3, 0.4) is 0 Å². The molecule has 0 aliphatic heterocycles. The van der Waals surface area contributed by atoms with Gasteiger partial charge >= 0.3 is 0 Å². The first kappa shape index (κ1) is 19.2. The molecule has 146 valence electrons. The van der Waals surface area contributed by atoms with Gasteiger partial charge in [-0.2, -0.15) is 0 Å².